The van der Waals surface area contributed by atoms with Crippen LogP contribution in [0.3, 0.4) is 0 Å². The van der Waals surface area contributed by atoms with Gasteiger partial charge in [-0.3, -0.25) is 0 Å². The molecule has 16 heavy (non-hydrogen) atoms. The van der Waals surface area contributed by atoms with Gasteiger partial charge in [0.1, 0.15) is 0 Å². The summed E-state index contributed by atoms with van der Waals surface area (Å²) in [5.74, 6) is 0. The van der Waals surface area contributed by atoms with E-state index in [1.807, 2.05) is 25.1 Å². The van der Waals surface area contributed by atoms with Gasteiger partial charge in [0.15, 0.2) is 0 Å². The monoisotopic (exact) mass is 220 g/mol. The molecule has 4 heteroatoms. The predicted octanol–water partition coefficient (Wildman–Crippen LogP) is 1.24. The Kier molecular flexibility index (Phi) is 3.12. The van der Waals surface area contributed by atoms with E-state index in [0.717, 1.165) is 22.3 Å². The van der Waals surface area contributed by atoms with Gasteiger partial charge in [-0.2, -0.15) is 0 Å². The van der Waals surface area contributed by atoms with E-state index >= 15 is 0 Å². The summed E-state index contributed by atoms with van der Waals surface area (Å²) in [6.07, 6.45) is -0.719. The average molecular weight is 220 g/mol. The first-order valence-electron chi connectivity index (χ1n) is 5.31. The lowest BCUT2D eigenvalue weighted by Crippen LogP contribution is -2.22. The second-order valence-electron chi connectivity index (χ2n) is 3.97. The van der Waals surface area contributed by atoms with Crippen molar-refractivity contribution in [3.05, 3.63) is 30.0 Å². The number of aromatic nitrogens is 1. The molecule has 0 aliphatic rings. The van der Waals surface area contributed by atoms with Crippen molar-refractivity contribution in [3.8, 4) is 0 Å². The lowest BCUT2D eigenvalue weighted by atomic mass is 10.2. The highest BCUT2D eigenvalue weighted by Crippen LogP contribution is 2.19. The van der Waals surface area contributed by atoms with Crippen molar-refractivity contribution in [3.63, 3.8) is 0 Å². The predicted molar refractivity (Wildman–Crippen MR) is 64.6 cm³/mol. The quantitative estimate of drug-likeness (QED) is 0.626. The van der Waals surface area contributed by atoms with Gasteiger partial charge in [-0.1, -0.05) is 0 Å². The highest BCUT2D eigenvalue weighted by atomic mass is 16.3. The summed E-state index contributed by atoms with van der Waals surface area (Å²) in [5, 5.41) is 22.1. The highest BCUT2D eigenvalue weighted by molar-refractivity contribution is 5.83. The van der Waals surface area contributed by atoms with Crippen molar-refractivity contribution in [1.29, 1.82) is 0 Å². The van der Waals surface area contributed by atoms with E-state index in [-0.39, 0.29) is 6.61 Å². The number of aliphatic hydroxyl groups excluding tert-OH is 2. The first kappa shape index (κ1) is 11.0. The summed E-state index contributed by atoms with van der Waals surface area (Å²) in [6, 6.07) is 8.03. The second kappa shape index (κ2) is 4.55. The number of aromatic amines is 1. The number of aliphatic hydroxyl groups is 2. The zero-order chi connectivity index (χ0) is 11.5. The van der Waals surface area contributed by atoms with Crippen molar-refractivity contribution in [2.45, 2.75) is 13.0 Å². The van der Waals surface area contributed by atoms with Crippen LogP contribution in [-0.2, 0) is 0 Å². The van der Waals surface area contributed by atoms with Crippen molar-refractivity contribution in [2.75, 3.05) is 18.5 Å². The first-order chi connectivity index (χ1) is 7.69. The summed E-state index contributed by atoms with van der Waals surface area (Å²) >= 11 is 0. The number of fused-ring (bicyclic) bond motifs is 1. The van der Waals surface area contributed by atoms with E-state index < -0.39 is 6.10 Å². The highest BCUT2D eigenvalue weighted by Gasteiger charge is 2.02. The number of anilines is 1. The number of hydrogen-bond acceptors (Lipinski definition) is 3. The molecule has 0 aliphatic carbocycles. The summed E-state index contributed by atoms with van der Waals surface area (Å²) in [5.41, 5.74) is 3.17. The molecule has 2 rings (SSSR count). The van der Waals surface area contributed by atoms with Crippen LogP contribution in [-0.4, -0.2) is 34.5 Å². The zero-order valence-electron chi connectivity index (χ0n) is 9.20. The Morgan fingerprint density at radius 2 is 2.19 bits per heavy atom. The van der Waals surface area contributed by atoms with E-state index in [1.165, 1.54) is 0 Å². The maximum Gasteiger partial charge on any atom is 0.0942 e. The SMILES string of the molecule is Cc1cc2cc(NCC(O)CO)ccc2[nH]1. The van der Waals surface area contributed by atoms with Crippen LogP contribution >= 0.6 is 0 Å². The van der Waals surface area contributed by atoms with Gasteiger partial charge in [0, 0.05) is 28.8 Å². The molecule has 0 bridgehead atoms. The van der Waals surface area contributed by atoms with Gasteiger partial charge in [-0.15, -0.1) is 0 Å². The Morgan fingerprint density at radius 3 is 2.94 bits per heavy atom. The largest absolute Gasteiger partial charge is 0.394 e. The number of hydrogen-bond donors (Lipinski definition) is 4. The Hall–Kier alpha value is -1.52. The Morgan fingerprint density at radius 1 is 1.38 bits per heavy atom. The van der Waals surface area contributed by atoms with Gasteiger partial charge >= 0.3 is 0 Å². The molecule has 0 spiro atoms. The normalized spacial score (nSPS) is 12.9. The molecule has 1 heterocycles. The Bertz CT molecular complexity index is 479. The molecular formula is C12H16N2O2. The fourth-order valence-corrected chi connectivity index (χ4v) is 1.69. The Labute approximate surface area is 93.9 Å². The minimum Gasteiger partial charge on any atom is -0.394 e. The van der Waals surface area contributed by atoms with Crippen LogP contribution in [0.2, 0.25) is 0 Å². The van der Waals surface area contributed by atoms with Crippen molar-refractivity contribution >= 4 is 16.6 Å². The molecule has 1 aromatic heterocycles. The van der Waals surface area contributed by atoms with Gasteiger partial charge in [0.2, 0.25) is 0 Å². The molecule has 0 saturated carbocycles. The van der Waals surface area contributed by atoms with Crippen LogP contribution in [0.4, 0.5) is 5.69 Å². The van der Waals surface area contributed by atoms with E-state index in [0.29, 0.717) is 6.54 Å². The van der Waals surface area contributed by atoms with Gasteiger partial charge < -0.3 is 20.5 Å². The minimum absolute atomic E-state index is 0.224. The third kappa shape index (κ3) is 2.35. The molecule has 0 radical (unpaired) electrons. The number of H-pyrrole nitrogens is 1. The van der Waals surface area contributed by atoms with E-state index in [4.69, 9.17) is 5.11 Å². The molecule has 4 N–H and O–H groups in total. The molecule has 4 nitrogen and oxygen atoms in total. The van der Waals surface area contributed by atoms with Crippen LogP contribution in [0.15, 0.2) is 24.3 Å². The van der Waals surface area contributed by atoms with E-state index in [1.54, 1.807) is 0 Å². The van der Waals surface area contributed by atoms with Crippen LogP contribution in [0.25, 0.3) is 10.9 Å². The third-order valence-corrected chi connectivity index (χ3v) is 2.51. The van der Waals surface area contributed by atoms with Gasteiger partial charge in [-0.05, 0) is 31.2 Å². The zero-order valence-corrected chi connectivity index (χ0v) is 9.20. The lowest BCUT2D eigenvalue weighted by molar-refractivity contribution is 0.105. The molecule has 1 unspecified atom stereocenters. The number of nitrogens with one attached hydrogen (secondary N) is 2. The van der Waals surface area contributed by atoms with Crippen LogP contribution in [0.1, 0.15) is 5.69 Å². The van der Waals surface area contributed by atoms with Crippen molar-refractivity contribution < 1.29 is 10.2 Å². The third-order valence-electron chi connectivity index (χ3n) is 2.51. The molecule has 86 valence electrons. The fraction of sp³-hybridized carbons (Fsp3) is 0.333. The van der Waals surface area contributed by atoms with E-state index in [9.17, 15) is 5.11 Å². The maximum atomic E-state index is 9.22. The molecule has 0 aliphatic heterocycles. The molecule has 1 atom stereocenters. The fourth-order valence-electron chi connectivity index (χ4n) is 1.69. The summed E-state index contributed by atoms with van der Waals surface area (Å²) in [6.45, 7) is 2.15. The number of benzene rings is 1. The molecule has 0 saturated heterocycles. The number of aryl methyl sites for hydroxylation is 1. The van der Waals surface area contributed by atoms with Crippen LogP contribution < -0.4 is 5.32 Å². The topological polar surface area (TPSA) is 68.3 Å². The Balaban J connectivity index is 2.13. The maximum absolute atomic E-state index is 9.22. The van der Waals surface area contributed by atoms with Gasteiger partial charge in [0.05, 0.1) is 12.7 Å². The second-order valence-corrected chi connectivity index (χ2v) is 3.97. The first-order valence-corrected chi connectivity index (χ1v) is 5.31. The van der Waals surface area contributed by atoms with Crippen LogP contribution in [0.5, 0.6) is 0 Å². The molecule has 1 aromatic carbocycles. The number of rotatable bonds is 4. The van der Waals surface area contributed by atoms with Crippen molar-refractivity contribution in [2.24, 2.45) is 0 Å². The van der Waals surface area contributed by atoms with Crippen LogP contribution in [0, 0.1) is 6.92 Å². The molecular weight excluding hydrogens is 204 g/mol. The van der Waals surface area contributed by atoms with E-state index in [2.05, 4.69) is 16.4 Å². The minimum atomic E-state index is -0.719. The van der Waals surface area contributed by atoms with Gasteiger partial charge in [-0.25, -0.2) is 0 Å². The average Bonchev–Trinajstić information content (AvgIpc) is 2.65. The standard InChI is InChI=1S/C12H16N2O2/c1-8-4-9-5-10(2-3-12(9)14-8)13-6-11(16)7-15/h2-5,11,13-16H,6-7H2,1H3. The molecule has 0 amide bonds. The summed E-state index contributed by atoms with van der Waals surface area (Å²) in [7, 11) is 0. The molecule has 0 fully saturated rings. The van der Waals surface area contributed by atoms with Gasteiger partial charge in [0.25, 0.3) is 0 Å². The smallest absolute Gasteiger partial charge is 0.0942 e. The van der Waals surface area contributed by atoms with Crippen molar-refractivity contribution in [1.82, 2.24) is 4.98 Å². The lowest BCUT2D eigenvalue weighted by Gasteiger charge is -2.09. The summed E-state index contributed by atoms with van der Waals surface area (Å²) in [4.78, 5) is 3.24. The summed E-state index contributed by atoms with van der Waals surface area (Å²) < 4.78 is 0. The molecule has 2 aromatic rings.